The summed E-state index contributed by atoms with van der Waals surface area (Å²) in [7, 11) is 0. The van der Waals surface area contributed by atoms with Gasteiger partial charge < -0.3 is 10.1 Å². The molecular formula is C22H26N4O2S. The molecule has 6 nitrogen and oxygen atoms in total. The number of ether oxygens (including phenoxy) is 1. The van der Waals surface area contributed by atoms with E-state index in [1.165, 1.54) is 17.3 Å². The molecule has 1 heterocycles. The fourth-order valence-corrected chi connectivity index (χ4v) is 3.35. The van der Waals surface area contributed by atoms with E-state index < -0.39 is 0 Å². The van der Waals surface area contributed by atoms with Crippen LogP contribution >= 0.6 is 11.8 Å². The van der Waals surface area contributed by atoms with Crippen LogP contribution in [0.4, 0.5) is 5.69 Å². The van der Waals surface area contributed by atoms with Gasteiger partial charge in [0.25, 0.3) is 0 Å². The van der Waals surface area contributed by atoms with Gasteiger partial charge in [0.2, 0.25) is 11.1 Å². The van der Waals surface area contributed by atoms with Gasteiger partial charge in [-0.05, 0) is 48.6 Å². The Morgan fingerprint density at radius 2 is 1.97 bits per heavy atom. The van der Waals surface area contributed by atoms with E-state index in [1.807, 2.05) is 43.3 Å². The Hall–Kier alpha value is -2.80. The third-order valence-electron chi connectivity index (χ3n) is 4.68. The van der Waals surface area contributed by atoms with E-state index in [1.54, 1.807) is 0 Å². The van der Waals surface area contributed by atoms with Crippen molar-refractivity contribution >= 4 is 23.4 Å². The van der Waals surface area contributed by atoms with Crippen molar-refractivity contribution in [1.82, 2.24) is 15.2 Å². The third-order valence-corrected chi connectivity index (χ3v) is 5.52. The average Bonchev–Trinajstić information content (AvgIpc) is 3.19. The Bertz CT molecular complexity index is 940. The molecule has 3 rings (SSSR count). The second-order valence-corrected chi connectivity index (χ2v) is 7.83. The Morgan fingerprint density at radius 3 is 2.69 bits per heavy atom. The number of nitrogens with zero attached hydrogens (tertiary/aromatic N) is 2. The number of aromatic amines is 1. The molecule has 0 unspecified atom stereocenters. The van der Waals surface area contributed by atoms with Crippen LogP contribution in [0.3, 0.4) is 0 Å². The number of aromatic nitrogens is 3. The van der Waals surface area contributed by atoms with E-state index in [0.29, 0.717) is 23.5 Å². The molecule has 1 amide bonds. The van der Waals surface area contributed by atoms with Crippen LogP contribution < -0.4 is 10.1 Å². The van der Waals surface area contributed by atoms with Gasteiger partial charge in [-0.2, -0.15) is 0 Å². The topological polar surface area (TPSA) is 79.9 Å². The summed E-state index contributed by atoms with van der Waals surface area (Å²) < 4.78 is 5.75. The molecule has 0 saturated heterocycles. The molecule has 0 aliphatic heterocycles. The minimum atomic E-state index is -0.0891. The van der Waals surface area contributed by atoms with Crippen LogP contribution in [0.1, 0.15) is 43.1 Å². The molecule has 1 aromatic heterocycles. The van der Waals surface area contributed by atoms with Gasteiger partial charge >= 0.3 is 0 Å². The van der Waals surface area contributed by atoms with Gasteiger partial charge in [0.1, 0.15) is 12.4 Å². The molecule has 0 saturated carbocycles. The Kier molecular flexibility index (Phi) is 7.30. The van der Waals surface area contributed by atoms with Crippen LogP contribution in [0.5, 0.6) is 5.75 Å². The highest BCUT2D eigenvalue weighted by Crippen LogP contribution is 2.21. The molecule has 0 spiro atoms. The predicted molar refractivity (Wildman–Crippen MR) is 116 cm³/mol. The zero-order valence-corrected chi connectivity index (χ0v) is 17.8. The van der Waals surface area contributed by atoms with E-state index in [0.717, 1.165) is 23.4 Å². The van der Waals surface area contributed by atoms with Gasteiger partial charge in [0.05, 0.1) is 5.75 Å². The van der Waals surface area contributed by atoms with E-state index in [-0.39, 0.29) is 11.7 Å². The van der Waals surface area contributed by atoms with Crippen LogP contribution in [0.2, 0.25) is 0 Å². The summed E-state index contributed by atoms with van der Waals surface area (Å²) in [5.74, 6) is 2.11. The summed E-state index contributed by atoms with van der Waals surface area (Å²) in [6, 6.07) is 15.8. The molecule has 0 bridgehead atoms. The lowest BCUT2D eigenvalue weighted by molar-refractivity contribution is -0.113. The monoisotopic (exact) mass is 410 g/mol. The number of H-pyrrole nitrogens is 1. The minimum absolute atomic E-state index is 0.0891. The summed E-state index contributed by atoms with van der Waals surface area (Å²) in [6.07, 6.45) is 1.09. The van der Waals surface area contributed by atoms with Crippen molar-refractivity contribution in [2.24, 2.45) is 0 Å². The fraction of sp³-hybridized carbons (Fsp3) is 0.318. The molecule has 3 aromatic rings. The number of hydrogen-bond acceptors (Lipinski definition) is 5. The number of thioether (sulfide) groups is 1. The van der Waals surface area contributed by atoms with Gasteiger partial charge in [-0.1, -0.05) is 55.9 Å². The van der Waals surface area contributed by atoms with Crippen LogP contribution in [-0.4, -0.2) is 26.8 Å². The highest BCUT2D eigenvalue weighted by molar-refractivity contribution is 7.99. The Labute approximate surface area is 175 Å². The maximum atomic E-state index is 12.2. The van der Waals surface area contributed by atoms with E-state index in [9.17, 15) is 4.79 Å². The van der Waals surface area contributed by atoms with Crippen LogP contribution in [0.15, 0.2) is 53.7 Å². The van der Waals surface area contributed by atoms with E-state index in [2.05, 4.69) is 46.5 Å². The van der Waals surface area contributed by atoms with Crippen molar-refractivity contribution < 1.29 is 9.53 Å². The number of nitrogens with one attached hydrogen (secondary N) is 2. The highest BCUT2D eigenvalue weighted by Gasteiger charge is 2.10. The normalized spacial score (nSPS) is 11.8. The van der Waals surface area contributed by atoms with Gasteiger partial charge in [-0.25, -0.2) is 4.98 Å². The first-order valence-electron chi connectivity index (χ1n) is 9.67. The highest BCUT2D eigenvalue weighted by atomic mass is 32.2. The lowest BCUT2D eigenvalue weighted by Crippen LogP contribution is -2.14. The zero-order valence-electron chi connectivity index (χ0n) is 16.9. The van der Waals surface area contributed by atoms with Gasteiger partial charge in [0.15, 0.2) is 5.82 Å². The van der Waals surface area contributed by atoms with Gasteiger partial charge in [-0.15, -0.1) is 5.10 Å². The molecule has 29 heavy (non-hydrogen) atoms. The molecule has 2 aromatic carbocycles. The number of para-hydroxylation sites is 1. The van der Waals surface area contributed by atoms with Crippen molar-refractivity contribution in [3.63, 3.8) is 0 Å². The standard InChI is InChI=1S/C22H26N4O2S/c1-4-15(2)17-9-11-18(12-10-17)23-21(27)14-29-22-24-20(25-26-22)13-28-19-8-6-5-7-16(19)3/h5-12,15H,4,13-14H2,1-3H3,(H,23,27)(H,24,25,26)/t15-/m0/s1. The SMILES string of the molecule is CC[C@H](C)c1ccc(NC(=O)CSc2n[nH]c(COc3ccccc3C)n2)cc1. The van der Waals surface area contributed by atoms with Crippen molar-refractivity contribution in [3.05, 3.63) is 65.5 Å². The number of aryl methyl sites for hydroxylation is 1. The third kappa shape index (κ3) is 6.09. The van der Waals surface area contributed by atoms with Crippen LogP contribution in [-0.2, 0) is 11.4 Å². The summed E-state index contributed by atoms with van der Waals surface area (Å²) >= 11 is 1.28. The van der Waals surface area contributed by atoms with Gasteiger partial charge in [-0.3, -0.25) is 9.89 Å². The molecule has 152 valence electrons. The lowest BCUT2D eigenvalue weighted by atomic mass is 9.99. The van der Waals surface area contributed by atoms with Crippen LogP contribution in [0, 0.1) is 6.92 Å². The largest absolute Gasteiger partial charge is 0.485 e. The molecule has 0 fully saturated rings. The van der Waals surface area contributed by atoms with E-state index in [4.69, 9.17) is 4.74 Å². The first-order chi connectivity index (χ1) is 14.0. The second kappa shape index (κ2) is 10.1. The number of rotatable bonds is 9. The van der Waals surface area contributed by atoms with Crippen molar-refractivity contribution in [2.45, 2.75) is 44.9 Å². The maximum Gasteiger partial charge on any atom is 0.234 e. The zero-order chi connectivity index (χ0) is 20.6. The molecule has 0 aliphatic rings. The molecule has 0 radical (unpaired) electrons. The number of anilines is 1. The molecule has 0 aliphatic carbocycles. The summed E-state index contributed by atoms with van der Waals surface area (Å²) in [4.78, 5) is 16.6. The van der Waals surface area contributed by atoms with Gasteiger partial charge in [0, 0.05) is 5.69 Å². The Balaban J connectivity index is 1.45. The first kappa shape index (κ1) is 20.9. The maximum absolute atomic E-state index is 12.2. The second-order valence-electron chi connectivity index (χ2n) is 6.89. The predicted octanol–water partition coefficient (Wildman–Crippen LogP) is 4.94. The van der Waals surface area contributed by atoms with Crippen molar-refractivity contribution in [1.29, 1.82) is 0 Å². The summed E-state index contributed by atoms with van der Waals surface area (Å²) in [5, 5.41) is 10.4. The average molecular weight is 411 g/mol. The van der Waals surface area contributed by atoms with Crippen LogP contribution in [0.25, 0.3) is 0 Å². The van der Waals surface area contributed by atoms with Crippen molar-refractivity contribution in [2.75, 3.05) is 11.1 Å². The number of hydrogen-bond donors (Lipinski definition) is 2. The fourth-order valence-electron chi connectivity index (χ4n) is 2.73. The number of benzene rings is 2. The number of carbonyl (C=O) groups excluding carboxylic acids is 1. The molecule has 1 atom stereocenters. The molecule has 7 heteroatoms. The number of amides is 1. The molecular weight excluding hydrogens is 384 g/mol. The number of carbonyl (C=O) groups is 1. The summed E-state index contributed by atoms with van der Waals surface area (Å²) in [5.41, 5.74) is 3.14. The van der Waals surface area contributed by atoms with E-state index >= 15 is 0 Å². The molecule has 2 N–H and O–H groups in total. The van der Waals surface area contributed by atoms with Crippen molar-refractivity contribution in [3.8, 4) is 5.75 Å². The first-order valence-corrected chi connectivity index (χ1v) is 10.7. The Morgan fingerprint density at radius 1 is 1.21 bits per heavy atom. The minimum Gasteiger partial charge on any atom is -0.485 e. The lowest BCUT2D eigenvalue weighted by Gasteiger charge is -2.10. The quantitative estimate of drug-likeness (QED) is 0.489. The smallest absolute Gasteiger partial charge is 0.234 e. The summed E-state index contributed by atoms with van der Waals surface area (Å²) in [6.45, 7) is 6.66.